The minimum atomic E-state index is -5.46. The second-order valence-corrected chi connectivity index (χ2v) is 8.95. The van der Waals surface area contributed by atoms with Gasteiger partial charge in [-0.2, -0.15) is 0 Å². The Labute approximate surface area is 176 Å². The van der Waals surface area contributed by atoms with E-state index in [9.17, 15) is 35.2 Å². The van der Waals surface area contributed by atoms with Gasteiger partial charge in [0.05, 0.1) is 3.57 Å². The maximum atomic E-state index is 13.7. The van der Waals surface area contributed by atoms with E-state index in [0.29, 0.717) is 9.13 Å². The Hall–Kier alpha value is -1.23. The van der Waals surface area contributed by atoms with Crippen LogP contribution in [0.1, 0.15) is 5.56 Å². The standard InChI is InChI=1S/C14H6F5I2NO4S/c1-4-2-5(20)3-6(21)12(4)26-14(23)22-27(24,25)13-10(18)8(16)7(15)9(17)11(13)19/h2-3H,1H3,(H,22,23). The summed E-state index contributed by atoms with van der Waals surface area (Å²) in [6.07, 6.45) is -1.69. The van der Waals surface area contributed by atoms with Crippen molar-refractivity contribution in [2.45, 2.75) is 11.8 Å². The number of aryl methyl sites for hydroxylation is 1. The van der Waals surface area contributed by atoms with E-state index in [1.54, 1.807) is 41.6 Å². The van der Waals surface area contributed by atoms with Gasteiger partial charge in [0.1, 0.15) is 5.75 Å². The molecule has 0 bridgehead atoms. The van der Waals surface area contributed by atoms with Crippen LogP contribution in [0.25, 0.3) is 0 Å². The predicted octanol–water partition coefficient (Wildman–Crippen LogP) is 4.38. The molecule has 1 N–H and O–H groups in total. The Morgan fingerprint density at radius 1 is 0.963 bits per heavy atom. The molecule has 27 heavy (non-hydrogen) atoms. The molecule has 0 aliphatic carbocycles. The highest BCUT2D eigenvalue weighted by atomic mass is 127. The van der Waals surface area contributed by atoms with Crippen molar-refractivity contribution in [1.29, 1.82) is 0 Å². The van der Waals surface area contributed by atoms with Crippen LogP contribution in [0.5, 0.6) is 5.75 Å². The van der Waals surface area contributed by atoms with Gasteiger partial charge in [-0.25, -0.2) is 39.9 Å². The highest BCUT2D eigenvalue weighted by Gasteiger charge is 2.35. The maximum absolute atomic E-state index is 13.7. The van der Waals surface area contributed by atoms with Gasteiger partial charge in [0.2, 0.25) is 5.82 Å². The molecule has 5 nitrogen and oxygen atoms in total. The summed E-state index contributed by atoms with van der Waals surface area (Å²) in [6, 6.07) is 3.19. The lowest BCUT2D eigenvalue weighted by molar-refractivity contribution is 0.206. The molecule has 0 atom stereocenters. The zero-order valence-corrected chi connectivity index (χ0v) is 18.0. The molecule has 13 heteroatoms. The molecule has 0 radical (unpaired) electrons. The number of rotatable bonds is 3. The van der Waals surface area contributed by atoms with Gasteiger partial charge in [0.15, 0.2) is 28.2 Å². The predicted molar refractivity (Wildman–Crippen MR) is 99.2 cm³/mol. The van der Waals surface area contributed by atoms with Crippen molar-refractivity contribution in [3.05, 3.63) is 53.9 Å². The first kappa shape index (κ1) is 22.1. The average Bonchev–Trinajstić information content (AvgIpc) is 2.53. The fourth-order valence-electron chi connectivity index (χ4n) is 1.91. The van der Waals surface area contributed by atoms with Crippen LogP contribution in [0.4, 0.5) is 26.7 Å². The number of sulfonamides is 1. The van der Waals surface area contributed by atoms with E-state index in [4.69, 9.17) is 4.74 Å². The van der Waals surface area contributed by atoms with Crippen LogP contribution in [-0.2, 0) is 10.0 Å². The number of carbonyl (C=O) groups excluding carboxylic acids is 1. The molecule has 0 heterocycles. The van der Waals surface area contributed by atoms with E-state index in [0.717, 1.165) is 8.29 Å². The lowest BCUT2D eigenvalue weighted by Gasteiger charge is -2.13. The van der Waals surface area contributed by atoms with Crippen LogP contribution in [0, 0.1) is 43.2 Å². The van der Waals surface area contributed by atoms with Gasteiger partial charge in [-0.3, -0.25) is 0 Å². The third-order valence-electron chi connectivity index (χ3n) is 3.04. The molecule has 0 saturated heterocycles. The highest BCUT2D eigenvalue weighted by Crippen LogP contribution is 2.29. The maximum Gasteiger partial charge on any atom is 0.426 e. The number of ether oxygens (including phenoxy) is 1. The lowest BCUT2D eigenvalue weighted by atomic mass is 10.2. The SMILES string of the molecule is Cc1cc(I)cc(I)c1OC(=O)NS(=O)(=O)c1c(F)c(F)c(F)c(F)c1F. The second kappa shape index (κ2) is 8.02. The van der Waals surface area contributed by atoms with Crippen LogP contribution in [0.15, 0.2) is 17.0 Å². The van der Waals surface area contributed by atoms with E-state index in [1.165, 1.54) is 0 Å². The first-order valence-corrected chi connectivity index (χ1v) is 10.2. The van der Waals surface area contributed by atoms with Crippen molar-refractivity contribution in [3.8, 4) is 5.75 Å². The molecule has 0 aliphatic rings. The van der Waals surface area contributed by atoms with Gasteiger partial charge in [0.25, 0.3) is 10.0 Å². The third-order valence-corrected chi connectivity index (χ3v) is 5.80. The quantitative estimate of drug-likeness (QED) is 0.236. The highest BCUT2D eigenvalue weighted by molar-refractivity contribution is 14.1. The van der Waals surface area contributed by atoms with E-state index < -0.39 is 50.1 Å². The zero-order chi connectivity index (χ0) is 20.7. The fourth-order valence-corrected chi connectivity index (χ4v) is 5.17. The fraction of sp³-hybridized carbons (Fsp3) is 0.0714. The molecule has 2 aromatic rings. The Balaban J connectivity index is 2.40. The van der Waals surface area contributed by atoms with E-state index in [-0.39, 0.29) is 5.75 Å². The van der Waals surface area contributed by atoms with Gasteiger partial charge < -0.3 is 4.74 Å². The smallest absolute Gasteiger partial charge is 0.408 e. The molecule has 2 rings (SSSR count). The number of carbonyl (C=O) groups is 1. The van der Waals surface area contributed by atoms with Crippen LogP contribution >= 0.6 is 45.2 Å². The second-order valence-electron chi connectivity index (χ2n) is 4.93. The summed E-state index contributed by atoms with van der Waals surface area (Å²) in [4.78, 5) is 9.64. The van der Waals surface area contributed by atoms with Crippen molar-refractivity contribution >= 4 is 61.3 Å². The average molecular weight is 633 g/mol. The number of hydrogen-bond donors (Lipinski definition) is 1. The molecular weight excluding hydrogens is 627 g/mol. The van der Waals surface area contributed by atoms with E-state index >= 15 is 0 Å². The molecule has 2 aromatic carbocycles. The number of hydrogen-bond acceptors (Lipinski definition) is 4. The molecule has 146 valence electrons. The summed E-state index contributed by atoms with van der Waals surface area (Å²) >= 11 is 3.78. The molecular formula is C14H6F5I2NO4S. The van der Waals surface area contributed by atoms with Crippen molar-refractivity contribution in [1.82, 2.24) is 4.72 Å². The normalized spacial score (nSPS) is 11.4. The molecule has 0 spiro atoms. The number of benzene rings is 2. The topological polar surface area (TPSA) is 72.5 Å². The third kappa shape index (κ3) is 4.44. The summed E-state index contributed by atoms with van der Waals surface area (Å²) < 4.78 is 97.8. The van der Waals surface area contributed by atoms with Gasteiger partial charge in [-0.1, -0.05) is 0 Å². The lowest BCUT2D eigenvalue weighted by Crippen LogP contribution is -2.35. The molecule has 0 unspecified atom stereocenters. The van der Waals surface area contributed by atoms with Gasteiger partial charge >= 0.3 is 6.09 Å². The number of halogens is 7. The minimum absolute atomic E-state index is 0.0406. The van der Waals surface area contributed by atoms with Gasteiger partial charge in [-0.15, -0.1) is 0 Å². The summed E-state index contributed by atoms with van der Waals surface area (Å²) in [5.41, 5.74) is 0.440. The Morgan fingerprint density at radius 2 is 1.44 bits per heavy atom. The molecule has 1 amide bonds. The summed E-state index contributed by atoms with van der Waals surface area (Å²) in [6.45, 7) is 1.55. The zero-order valence-electron chi connectivity index (χ0n) is 12.8. The summed E-state index contributed by atoms with van der Waals surface area (Å²) in [5, 5.41) is 0. The summed E-state index contributed by atoms with van der Waals surface area (Å²) in [7, 11) is -5.46. The molecule has 0 aliphatic heterocycles. The van der Waals surface area contributed by atoms with Crippen molar-refractivity contribution < 1.29 is 39.9 Å². The first-order chi connectivity index (χ1) is 12.4. The Kier molecular flexibility index (Phi) is 6.55. The van der Waals surface area contributed by atoms with Crippen molar-refractivity contribution in [3.63, 3.8) is 0 Å². The molecule has 0 saturated carbocycles. The monoisotopic (exact) mass is 633 g/mol. The Morgan fingerprint density at radius 3 is 1.93 bits per heavy atom. The van der Waals surface area contributed by atoms with Gasteiger partial charge in [-0.05, 0) is 69.8 Å². The molecule has 0 aromatic heterocycles. The van der Waals surface area contributed by atoms with E-state index in [1.807, 2.05) is 22.6 Å². The number of amides is 1. The molecule has 0 fully saturated rings. The summed E-state index contributed by atoms with van der Waals surface area (Å²) in [5.74, 6) is -12.7. The largest absolute Gasteiger partial charge is 0.426 e. The van der Waals surface area contributed by atoms with Crippen LogP contribution in [-0.4, -0.2) is 14.5 Å². The first-order valence-electron chi connectivity index (χ1n) is 6.58. The minimum Gasteiger partial charge on any atom is -0.408 e. The van der Waals surface area contributed by atoms with Crippen LogP contribution < -0.4 is 9.46 Å². The van der Waals surface area contributed by atoms with Crippen molar-refractivity contribution in [2.24, 2.45) is 0 Å². The Bertz CT molecular complexity index is 1010. The van der Waals surface area contributed by atoms with Crippen LogP contribution in [0.3, 0.4) is 0 Å². The van der Waals surface area contributed by atoms with Crippen molar-refractivity contribution in [2.75, 3.05) is 0 Å². The van der Waals surface area contributed by atoms with E-state index in [2.05, 4.69) is 0 Å². The van der Waals surface area contributed by atoms with Crippen LogP contribution in [0.2, 0.25) is 0 Å². The van der Waals surface area contributed by atoms with Gasteiger partial charge in [0, 0.05) is 3.57 Å². The number of nitrogens with one attached hydrogen (secondary N) is 1.